The van der Waals surface area contributed by atoms with Gasteiger partial charge in [0.1, 0.15) is 11.5 Å². The Kier molecular flexibility index (Phi) is 7.22. The number of amides is 1. The molecule has 7 nitrogen and oxygen atoms in total. The Morgan fingerprint density at radius 1 is 1.18 bits per heavy atom. The van der Waals surface area contributed by atoms with Gasteiger partial charge in [0.15, 0.2) is 0 Å². The van der Waals surface area contributed by atoms with Crippen LogP contribution in [-0.4, -0.2) is 63.1 Å². The average Bonchev–Trinajstić information content (AvgIpc) is 2.70. The lowest BCUT2D eigenvalue weighted by Gasteiger charge is -2.25. The molecule has 0 spiro atoms. The quantitative estimate of drug-likeness (QED) is 0.558. The second kappa shape index (κ2) is 10.1. The molecule has 0 aromatic heterocycles. The number of nitrogens with zero attached hydrogens (tertiary/aromatic N) is 2. The number of hydrazone groups is 1. The van der Waals surface area contributed by atoms with Crippen molar-refractivity contribution in [3.8, 4) is 11.5 Å². The highest BCUT2D eigenvalue weighted by Gasteiger charge is 2.14. The smallest absolute Gasteiger partial charge is 0.254 e. The van der Waals surface area contributed by atoms with Crippen molar-refractivity contribution in [1.82, 2.24) is 10.3 Å². The molecule has 150 valence electrons. The van der Waals surface area contributed by atoms with E-state index in [0.29, 0.717) is 33.0 Å². The summed E-state index contributed by atoms with van der Waals surface area (Å²) in [6.07, 6.45) is 1.64. The predicted molar refractivity (Wildman–Crippen MR) is 109 cm³/mol. The SMILES string of the molecule is CCOc1ccc2ccc(OCC)c(/C=N/NC(=O)CN3CCOCC3)c2c1. The van der Waals surface area contributed by atoms with Gasteiger partial charge in [0.05, 0.1) is 39.2 Å². The predicted octanol–water partition coefficient (Wildman–Crippen LogP) is 2.42. The first-order valence-corrected chi connectivity index (χ1v) is 9.65. The first-order valence-electron chi connectivity index (χ1n) is 9.65. The Hall–Kier alpha value is -2.64. The van der Waals surface area contributed by atoms with Gasteiger partial charge in [-0.15, -0.1) is 0 Å². The molecule has 1 aliphatic heterocycles. The van der Waals surface area contributed by atoms with E-state index in [2.05, 4.69) is 10.5 Å². The summed E-state index contributed by atoms with van der Waals surface area (Å²) in [5.41, 5.74) is 3.43. The molecule has 3 rings (SSSR count). The molecule has 0 radical (unpaired) electrons. The Morgan fingerprint density at radius 3 is 2.68 bits per heavy atom. The second-order valence-electron chi connectivity index (χ2n) is 6.41. The van der Waals surface area contributed by atoms with E-state index in [-0.39, 0.29) is 5.91 Å². The maximum Gasteiger partial charge on any atom is 0.254 e. The molecule has 1 fully saturated rings. The molecule has 1 N–H and O–H groups in total. The summed E-state index contributed by atoms with van der Waals surface area (Å²) in [4.78, 5) is 14.2. The third-order valence-corrected chi connectivity index (χ3v) is 4.46. The maximum absolute atomic E-state index is 12.2. The molecule has 28 heavy (non-hydrogen) atoms. The third-order valence-electron chi connectivity index (χ3n) is 4.46. The molecule has 1 saturated heterocycles. The number of nitrogens with one attached hydrogen (secondary N) is 1. The lowest BCUT2D eigenvalue weighted by atomic mass is 10.0. The molecule has 0 atom stereocenters. The van der Waals surface area contributed by atoms with E-state index in [4.69, 9.17) is 14.2 Å². The third kappa shape index (κ3) is 5.21. The zero-order valence-electron chi connectivity index (χ0n) is 16.4. The maximum atomic E-state index is 12.2. The van der Waals surface area contributed by atoms with Crippen LogP contribution < -0.4 is 14.9 Å². The molecular weight excluding hydrogens is 358 g/mol. The van der Waals surface area contributed by atoms with Crippen LogP contribution in [0.5, 0.6) is 11.5 Å². The first-order chi connectivity index (χ1) is 13.7. The molecule has 2 aromatic rings. The van der Waals surface area contributed by atoms with Crippen molar-refractivity contribution in [3.05, 3.63) is 35.9 Å². The normalized spacial score (nSPS) is 15.1. The zero-order valence-corrected chi connectivity index (χ0v) is 16.4. The number of rotatable bonds is 8. The van der Waals surface area contributed by atoms with Crippen LogP contribution in [0.4, 0.5) is 0 Å². The van der Waals surface area contributed by atoms with E-state index >= 15 is 0 Å². The Labute approximate surface area is 165 Å². The van der Waals surface area contributed by atoms with Crippen LogP contribution in [0, 0.1) is 0 Å². The minimum absolute atomic E-state index is 0.147. The number of carbonyl (C=O) groups excluding carboxylic acids is 1. The molecule has 2 aromatic carbocycles. The van der Waals surface area contributed by atoms with Gasteiger partial charge < -0.3 is 14.2 Å². The number of carbonyl (C=O) groups is 1. The molecule has 0 saturated carbocycles. The zero-order chi connectivity index (χ0) is 19.8. The lowest BCUT2D eigenvalue weighted by molar-refractivity contribution is -0.123. The monoisotopic (exact) mass is 385 g/mol. The fourth-order valence-electron chi connectivity index (χ4n) is 3.14. The lowest BCUT2D eigenvalue weighted by Crippen LogP contribution is -2.42. The average molecular weight is 385 g/mol. The van der Waals surface area contributed by atoms with E-state index in [1.54, 1.807) is 6.21 Å². The summed E-state index contributed by atoms with van der Waals surface area (Å²) in [6, 6.07) is 9.84. The second-order valence-corrected chi connectivity index (χ2v) is 6.41. The summed E-state index contributed by atoms with van der Waals surface area (Å²) < 4.78 is 16.7. The number of benzene rings is 2. The van der Waals surface area contributed by atoms with Gasteiger partial charge in [-0.05, 0) is 42.8 Å². The molecule has 0 unspecified atom stereocenters. The number of ether oxygens (including phenoxy) is 3. The highest BCUT2D eigenvalue weighted by molar-refractivity contribution is 6.03. The topological polar surface area (TPSA) is 72.4 Å². The minimum Gasteiger partial charge on any atom is -0.494 e. The summed E-state index contributed by atoms with van der Waals surface area (Å²) in [5, 5.41) is 6.18. The largest absolute Gasteiger partial charge is 0.494 e. The molecule has 1 amide bonds. The van der Waals surface area contributed by atoms with E-state index in [1.165, 1.54) is 0 Å². The summed E-state index contributed by atoms with van der Waals surface area (Å²) in [7, 11) is 0. The number of hydrogen-bond acceptors (Lipinski definition) is 6. The van der Waals surface area contributed by atoms with Crippen LogP contribution >= 0.6 is 0 Å². The van der Waals surface area contributed by atoms with Crippen molar-refractivity contribution in [1.29, 1.82) is 0 Å². The molecule has 1 heterocycles. The fourth-order valence-corrected chi connectivity index (χ4v) is 3.14. The standard InChI is InChI=1S/C21H27N3O4/c1-3-27-17-7-5-16-6-8-20(28-4-2)19(18(16)13-17)14-22-23-21(25)15-24-9-11-26-12-10-24/h5-8,13-14H,3-4,9-12,15H2,1-2H3,(H,23,25)/b22-14+. The highest BCUT2D eigenvalue weighted by atomic mass is 16.5. The van der Waals surface area contributed by atoms with Crippen molar-refractivity contribution < 1.29 is 19.0 Å². The molecule has 0 bridgehead atoms. The van der Waals surface area contributed by atoms with Crippen molar-refractivity contribution in [2.24, 2.45) is 5.10 Å². The van der Waals surface area contributed by atoms with Crippen molar-refractivity contribution in [2.45, 2.75) is 13.8 Å². The molecular formula is C21H27N3O4. The van der Waals surface area contributed by atoms with E-state index in [9.17, 15) is 4.79 Å². The van der Waals surface area contributed by atoms with Gasteiger partial charge in [0.2, 0.25) is 0 Å². The van der Waals surface area contributed by atoms with Crippen LogP contribution in [0.25, 0.3) is 10.8 Å². The van der Waals surface area contributed by atoms with Gasteiger partial charge in [-0.25, -0.2) is 5.43 Å². The van der Waals surface area contributed by atoms with Crippen LogP contribution in [0.1, 0.15) is 19.4 Å². The van der Waals surface area contributed by atoms with Crippen molar-refractivity contribution in [2.75, 3.05) is 46.1 Å². The fraction of sp³-hybridized carbons (Fsp3) is 0.429. The summed E-state index contributed by atoms with van der Waals surface area (Å²) in [6.45, 7) is 8.17. The first kappa shape index (κ1) is 20.1. The van der Waals surface area contributed by atoms with Gasteiger partial charge in [-0.2, -0.15) is 5.10 Å². The van der Waals surface area contributed by atoms with Gasteiger partial charge in [0, 0.05) is 18.7 Å². The number of morpholine rings is 1. The van der Waals surface area contributed by atoms with Crippen molar-refractivity contribution in [3.63, 3.8) is 0 Å². The number of hydrogen-bond donors (Lipinski definition) is 1. The Morgan fingerprint density at radius 2 is 1.93 bits per heavy atom. The molecule has 7 heteroatoms. The van der Waals surface area contributed by atoms with Gasteiger partial charge in [-0.3, -0.25) is 9.69 Å². The summed E-state index contributed by atoms with van der Waals surface area (Å²) >= 11 is 0. The van der Waals surface area contributed by atoms with E-state index in [0.717, 1.165) is 40.9 Å². The van der Waals surface area contributed by atoms with E-state index in [1.807, 2.05) is 49.1 Å². The van der Waals surface area contributed by atoms with Crippen LogP contribution in [0.2, 0.25) is 0 Å². The van der Waals surface area contributed by atoms with Gasteiger partial charge in [0.25, 0.3) is 5.91 Å². The summed E-state index contributed by atoms with van der Waals surface area (Å²) in [5.74, 6) is 1.36. The Balaban J connectivity index is 1.78. The van der Waals surface area contributed by atoms with Crippen LogP contribution in [-0.2, 0) is 9.53 Å². The molecule has 1 aliphatic rings. The number of fused-ring (bicyclic) bond motifs is 1. The van der Waals surface area contributed by atoms with Gasteiger partial charge in [-0.1, -0.05) is 12.1 Å². The Bertz CT molecular complexity index is 827. The molecule has 0 aliphatic carbocycles. The minimum atomic E-state index is -0.147. The van der Waals surface area contributed by atoms with Gasteiger partial charge >= 0.3 is 0 Å². The van der Waals surface area contributed by atoms with Crippen LogP contribution in [0.15, 0.2) is 35.4 Å². The van der Waals surface area contributed by atoms with E-state index < -0.39 is 0 Å². The van der Waals surface area contributed by atoms with Crippen LogP contribution in [0.3, 0.4) is 0 Å². The van der Waals surface area contributed by atoms with Crippen molar-refractivity contribution >= 4 is 22.9 Å². The highest BCUT2D eigenvalue weighted by Crippen LogP contribution is 2.30.